The molecule has 0 spiro atoms. The summed E-state index contributed by atoms with van der Waals surface area (Å²) in [7, 11) is 5.56. The van der Waals surface area contributed by atoms with Gasteiger partial charge in [0.2, 0.25) is 5.91 Å². The van der Waals surface area contributed by atoms with Crippen LogP contribution in [0, 0.1) is 0 Å². The molecular weight excluding hydrogens is 442 g/mol. The summed E-state index contributed by atoms with van der Waals surface area (Å²) in [5, 5.41) is 3.88. The van der Waals surface area contributed by atoms with E-state index in [1.54, 1.807) is 32.4 Å². The summed E-state index contributed by atoms with van der Waals surface area (Å²) in [6.45, 7) is 2.09. The molecule has 0 saturated carbocycles. The second-order valence-corrected chi connectivity index (χ2v) is 8.09. The van der Waals surface area contributed by atoms with Crippen molar-refractivity contribution in [3.8, 4) is 5.75 Å². The van der Waals surface area contributed by atoms with Gasteiger partial charge in [0.05, 0.1) is 37.0 Å². The Hall–Kier alpha value is -4.13. The Labute approximate surface area is 206 Å². The van der Waals surface area contributed by atoms with E-state index in [1.165, 1.54) is 6.08 Å². The number of anilines is 2. The highest BCUT2D eigenvalue weighted by Crippen LogP contribution is 2.26. The molecule has 35 heavy (non-hydrogen) atoms. The zero-order valence-corrected chi connectivity index (χ0v) is 20.5. The Morgan fingerprint density at radius 3 is 2.54 bits per heavy atom. The van der Waals surface area contributed by atoms with Gasteiger partial charge in [-0.2, -0.15) is 0 Å². The van der Waals surface area contributed by atoms with Crippen molar-refractivity contribution in [3.05, 3.63) is 84.6 Å². The van der Waals surface area contributed by atoms with E-state index >= 15 is 0 Å². The van der Waals surface area contributed by atoms with Gasteiger partial charge in [0.15, 0.2) is 0 Å². The van der Waals surface area contributed by atoms with Gasteiger partial charge in [-0.15, -0.1) is 0 Å². The van der Waals surface area contributed by atoms with E-state index in [9.17, 15) is 9.59 Å². The first-order chi connectivity index (χ1) is 16.9. The lowest BCUT2D eigenvalue weighted by Crippen LogP contribution is -2.21. The molecule has 1 N–H and O–H groups in total. The van der Waals surface area contributed by atoms with Crippen LogP contribution in [0.2, 0.25) is 0 Å². The van der Waals surface area contributed by atoms with Crippen LogP contribution >= 0.6 is 0 Å². The van der Waals surface area contributed by atoms with Crippen LogP contribution in [-0.4, -0.2) is 44.7 Å². The van der Waals surface area contributed by atoms with Crippen molar-refractivity contribution < 1.29 is 19.1 Å². The molecule has 0 radical (unpaired) electrons. The van der Waals surface area contributed by atoms with Crippen molar-refractivity contribution >= 4 is 34.2 Å². The van der Waals surface area contributed by atoms with Gasteiger partial charge in [-0.3, -0.25) is 9.78 Å². The smallest absolute Gasteiger partial charge is 0.330 e. The second kappa shape index (κ2) is 12.4. The summed E-state index contributed by atoms with van der Waals surface area (Å²) >= 11 is 0. The number of nitrogens with one attached hydrogen (secondary N) is 1. The molecule has 182 valence electrons. The fraction of sp³-hybridized carbons (Fsp3) is 0.250. The zero-order valence-electron chi connectivity index (χ0n) is 20.5. The molecule has 3 rings (SSSR count). The first kappa shape index (κ1) is 25.5. The summed E-state index contributed by atoms with van der Waals surface area (Å²) in [6, 6.07) is 15.4. The summed E-state index contributed by atoms with van der Waals surface area (Å²) < 4.78 is 10.2. The quantitative estimate of drug-likeness (QED) is 0.251. The molecule has 0 fully saturated rings. The van der Waals surface area contributed by atoms with E-state index in [0.29, 0.717) is 18.7 Å². The van der Waals surface area contributed by atoms with Crippen LogP contribution in [0.5, 0.6) is 5.75 Å². The van der Waals surface area contributed by atoms with Crippen molar-refractivity contribution in [2.45, 2.75) is 19.3 Å². The molecule has 0 unspecified atom stereocenters. The minimum absolute atomic E-state index is 0.148. The maximum Gasteiger partial charge on any atom is 0.330 e. The summed E-state index contributed by atoms with van der Waals surface area (Å²) in [5.74, 6) is -0.251. The number of carbonyl (C=O) groups excluding carboxylic acids is 2. The maximum atomic E-state index is 13.3. The number of hydrogen-bond donors (Lipinski definition) is 1. The number of benzene rings is 2. The Kier molecular flexibility index (Phi) is 9.01. The number of hydrogen-bond acceptors (Lipinski definition) is 6. The largest absolute Gasteiger partial charge is 0.497 e. The minimum Gasteiger partial charge on any atom is -0.497 e. The number of carbonyl (C=O) groups is 2. The molecule has 1 atom stereocenters. The number of fused-ring (bicyclic) bond motifs is 1. The molecular formula is C28H31N3O4. The average molecular weight is 474 g/mol. The SMILES string of the molecule is CCOC(=O)C=CC=CC[C@H](C(=O)Nc1cnc2ccc(OC)cc2c1)c1ccc(N(C)C)cc1. The Morgan fingerprint density at radius 2 is 1.86 bits per heavy atom. The Balaban J connectivity index is 1.81. The number of aromatic nitrogens is 1. The van der Waals surface area contributed by atoms with Gasteiger partial charge >= 0.3 is 5.97 Å². The molecule has 0 bridgehead atoms. The molecule has 7 heteroatoms. The predicted octanol–water partition coefficient (Wildman–Crippen LogP) is 5.10. The third-order valence-electron chi connectivity index (χ3n) is 5.42. The fourth-order valence-electron chi connectivity index (χ4n) is 3.55. The molecule has 0 aliphatic heterocycles. The van der Waals surface area contributed by atoms with Crippen molar-refractivity contribution in [3.63, 3.8) is 0 Å². The average Bonchev–Trinajstić information content (AvgIpc) is 2.86. The predicted molar refractivity (Wildman–Crippen MR) is 140 cm³/mol. The van der Waals surface area contributed by atoms with E-state index in [0.717, 1.165) is 27.9 Å². The van der Waals surface area contributed by atoms with Gasteiger partial charge < -0.3 is 19.7 Å². The first-order valence-electron chi connectivity index (χ1n) is 11.4. The van der Waals surface area contributed by atoms with Crippen molar-refractivity contribution in [1.82, 2.24) is 4.98 Å². The molecule has 2 aromatic carbocycles. The van der Waals surface area contributed by atoms with Crippen LogP contribution in [0.4, 0.5) is 11.4 Å². The number of esters is 1. The molecule has 0 saturated heterocycles. The van der Waals surface area contributed by atoms with E-state index in [2.05, 4.69) is 10.3 Å². The third kappa shape index (κ3) is 7.17. The van der Waals surface area contributed by atoms with E-state index in [4.69, 9.17) is 9.47 Å². The van der Waals surface area contributed by atoms with Crippen molar-refractivity contribution in [1.29, 1.82) is 0 Å². The van der Waals surface area contributed by atoms with E-state index in [-0.39, 0.29) is 5.91 Å². The monoisotopic (exact) mass is 473 g/mol. The van der Waals surface area contributed by atoms with Gasteiger partial charge in [-0.25, -0.2) is 4.79 Å². The van der Waals surface area contributed by atoms with Crippen LogP contribution in [-0.2, 0) is 14.3 Å². The highest BCUT2D eigenvalue weighted by molar-refractivity contribution is 5.97. The van der Waals surface area contributed by atoms with E-state index < -0.39 is 11.9 Å². The Morgan fingerprint density at radius 1 is 1.09 bits per heavy atom. The van der Waals surface area contributed by atoms with Crippen LogP contribution in [0.25, 0.3) is 10.9 Å². The van der Waals surface area contributed by atoms with Gasteiger partial charge in [0, 0.05) is 31.2 Å². The summed E-state index contributed by atoms with van der Waals surface area (Å²) in [6.07, 6.45) is 8.68. The number of nitrogens with zero attached hydrogens (tertiary/aromatic N) is 2. The first-order valence-corrected chi connectivity index (χ1v) is 11.4. The number of pyridine rings is 1. The molecule has 0 aliphatic carbocycles. The molecule has 7 nitrogen and oxygen atoms in total. The summed E-state index contributed by atoms with van der Waals surface area (Å²) in [4.78, 5) is 31.3. The number of rotatable bonds is 10. The molecule has 1 heterocycles. The third-order valence-corrected chi connectivity index (χ3v) is 5.42. The van der Waals surface area contributed by atoms with Gasteiger partial charge in [-0.05, 0) is 55.3 Å². The van der Waals surface area contributed by atoms with Crippen molar-refractivity contribution in [2.75, 3.05) is 38.0 Å². The number of amides is 1. The fourth-order valence-corrected chi connectivity index (χ4v) is 3.55. The lowest BCUT2D eigenvalue weighted by Gasteiger charge is -2.18. The Bertz CT molecular complexity index is 1220. The van der Waals surface area contributed by atoms with Crippen LogP contribution in [0.1, 0.15) is 24.8 Å². The molecule has 0 aliphatic rings. The van der Waals surface area contributed by atoms with Gasteiger partial charge in [0.1, 0.15) is 5.75 Å². The summed E-state index contributed by atoms with van der Waals surface area (Å²) in [5.41, 5.74) is 3.36. The van der Waals surface area contributed by atoms with Crippen molar-refractivity contribution in [2.24, 2.45) is 0 Å². The van der Waals surface area contributed by atoms with Crippen LogP contribution in [0.15, 0.2) is 79.0 Å². The topological polar surface area (TPSA) is 80.8 Å². The van der Waals surface area contributed by atoms with Crippen LogP contribution in [0.3, 0.4) is 0 Å². The standard InChI is InChI=1S/C28H31N3O4/c1-5-35-27(32)10-8-6-7-9-25(20-11-13-23(14-12-20)31(2)3)28(33)30-22-17-21-18-24(34-4)15-16-26(21)29-19-22/h6-8,10-19,25H,5,9H2,1-4H3,(H,30,33)/t25-/m0/s1. The molecule has 1 amide bonds. The zero-order chi connectivity index (χ0) is 25.2. The second-order valence-electron chi connectivity index (χ2n) is 8.09. The lowest BCUT2D eigenvalue weighted by atomic mass is 9.94. The van der Waals surface area contributed by atoms with Crippen LogP contribution < -0.4 is 15.0 Å². The highest BCUT2D eigenvalue weighted by atomic mass is 16.5. The number of allylic oxidation sites excluding steroid dienone is 3. The minimum atomic E-state index is -0.431. The number of methoxy groups -OCH3 is 1. The highest BCUT2D eigenvalue weighted by Gasteiger charge is 2.20. The molecule has 3 aromatic rings. The normalized spacial score (nSPS) is 12.1. The van der Waals surface area contributed by atoms with Gasteiger partial charge in [0.25, 0.3) is 0 Å². The van der Waals surface area contributed by atoms with E-state index in [1.807, 2.05) is 73.6 Å². The lowest BCUT2D eigenvalue weighted by molar-refractivity contribution is -0.137. The maximum absolute atomic E-state index is 13.3. The number of ether oxygens (including phenoxy) is 2. The molecule has 1 aromatic heterocycles. The van der Waals surface area contributed by atoms with Gasteiger partial charge in [-0.1, -0.05) is 30.4 Å².